The number of hydrogen-bond acceptors (Lipinski definition) is 3. The van der Waals surface area contributed by atoms with Crippen molar-refractivity contribution in [1.29, 1.82) is 0 Å². The third kappa shape index (κ3) is 4.86. The molecule has 5 heteroatoms. The molecule has 1 aromatic heterocycles. The summed E-state index contributed by atoms with van der Waals surface area (Å²) in [7, 11) is 1.83. The number of carbonyl (C=O) groups excluding carboxylic acids is 1. The van der Waals surface area contributed by atoms with Crippen LogP contribution < -0.4 is 5.69 Å². The molecule has 0 aliphatic carbocycles. The Labute approximate surface area is 171 Å². The van der Waals surface area contributed by atoms with Crippen molar-refractivity contribution in [3.05, 3.63) is 71.1 Å². The van der Waals surface area contributed by atoms with Crippen LogP contribution in [0, 0.1) is 0 Å². The van der Waals surface area contributed by atoms with Gasteiger partial charge in [0.15, 0.2) is 0 Å². The van der Waals surface area contributed by atoms with E-state index in [4.69, 9.17) is 4.74 Å². The molecule has 0 amide bonds. The minimum atomic E-state index is -0.152. The summed E-state index contributed by atoms with van der Waals surface area (Å²) in [5, 5.41) is 0. The van der Waals surface area contributed by atoms with Crippen LogP contribution >= 0.6 is 0 Å². The predicted octanol–water partition coefficient (Wildman–Crippen LogP) is 4.64. The smallest absolute Gasteiger partial charge is 0.328 e. The number of esters is 1. The lowest BCUT2D eigenvalue weighted by Crippen LogP contribution is -2.23. The van der Waals surface area contributed by atoms with Gasteiger partial charge in [0, 0.05) is 31.1 Å². The van der Waals surface area contributed by atoms with Crippen molar-refractivity contribution in [1.82, 2.24) is 9.13 Å². The van der Waals surface area contributed by atoms with Crippen molar-refractivity contribution in [3.8, 4) is 22.5 Å². The zero-order chi connectivity index (χ0) is 20.6. The second-order valence-corrected chi connectivity index (χ2v) is 7.04. The highest BCUT2D eigenvalue weighted by Gasteiger charge is 2.20. The molecular weight excluding hydrogens is 364 g/mol. The SMILES string of the molecule is CCOC(=O)CCCCCn1c(-c2ccccc2)c(-c2ccccc2)n(C)c1=O. The Morgan fingerprint density at radius 2 is 1.45 bits per heavy atom. The Morgan fingerprint density at radius 1 is 0.862 bits per heavy atom. The van der Waals surface area contributed by atoms with Crippen molar-refractivity contribution >= 4 is 5.97 Å². The first-order valence-corrected chi connectivity index (χ1v) is 10.2. The first kappa shape index (κ1) is 20.6. The topological polar surface area (TPSA) is 53.2 Å². The summed E-state index contributed by atoms with van der Waals surface area (Å²) in [4.78, 5) is 24.6. The molecule has 152 valence electrons. The molecule has 0 atom stereocenters. The number of unbranched alkanes of at least 4 members (excludes halogenated alkanes) is 2. The van der Waals surface area contributed by atoms with Crippen LogP contribution in [-0.4, -0.2) is 21.7 Å². The zero-order valence-electron chi connectivity index (χ0n) is 17.1. The van der Waals surface area contributed by atoms with Crippen molar-refractivity contribution in [2.75, 3.05) is 6.61 Å². The lowest BCUT2D eigenvalue weighted by atomic mass is 10.0. The first-order chi connectivity index (χ1) is 14.1. The fourth-order valence-corrected chi connectivity index (χ4v) is 3.63. The highest BCUT2D eigenvalue weighted by Crippen LogP contribution is 2.31. The second kappa shape index (κ2) is 9.92. The number of aromatic nitrogens is 2. The Hall–Kier alpha value is -3.08. The summed E-state index contributed by atoms with van der Waals surface area (Å²) in [5.74, 6) is -0.152. The van der Waals surface area contributed by atoms with Crippen LogP contribution in [0.5, 0.6) is 0 Å². The van der Waals surface area contributed by atoms with E-state index < -0.39 is 0 Å². The maximum Gasteiger partial charge on any atom is 0.328 e. The highest BCUT2D eigenvalue weighted by atomic mass is 16.5. The minimum absolute atomic E-state index is 0.0203. The fraction of sp³-hybridized carbons (Fsp3) is 0.333. The molecule has 0 radical (unpaired) electrons. The molecule has 0 saturated carbocycles. The van der Waals surface area contributed by atoms with Gasteiger partial charge in [-0.2, -0.15) is 0 Å². The number of carbonyl (C=O) groups is 1. The molecule has 5 nitrogen and oxygen atoms in total. The molecule has 0 spiro atoms. The minimum Gasteiger partial charge on any atom is -0.466 e. The lowest BCUT2D eigenvalue weighted by molar-refractivity contribution is -0.143. The summed E-state index contributed by atoms with van der Waals surface area (Å²) in [6.45, 7) is 2.85. The van der Waals surface area contributed by atoms with E-state index in [0.29, 0.717) is 19.6 Å². The van der Waals surface area contributed by atoms with E-state index in [1.807, 2.05) is 79.2 Å². The van der Waals surface area contributed by atoms with Gasteiger partial charge in [0.25, 0.3) is 0 Å². The summed E-state index contributed by atoms with van der Waals surface area (Å²) >= 11 is 0. The van der Waals surface area contributed by atoms with Gasteiger partial charge in [0.1, 0.15) is 0 Å². The monoisotopic (exact) mass is 392 g/mol. The molecule has 0 aliphatic rings. The summed E-state index contributed by atoms with van der Waals surface area (Å²) in [5.41, 5.74) is 3.89. The van der Waals surface area contributed by atoms with Crippen molar-refractivity contribution in [3.63, 3.8) is 0 Å². The van der Waals surface area contributed by atoms with E-state index in [0.717, 1.165) is 41.8 Å². The summed E-state index contributed by atoms with van der Waals surface area (Å²) < 4.78 is 8.57. The average Bonchev–Trinajstić information content (AvgIpc) is 3.00. The molecule has 3 rings (SSSR count). The van der Waals surface area contributed by atoms with E-state index in [-0.39, 0.29) is 11.7 Å². The van der Waals surface area contributed by atoms with E-state index in [9.17, 15) is 9.59 Å². The van der Waals surface area contributed by atoms with E-state index >= 15 is 0 Å². The highest BCUT2D eigenvalue weighted by molar-refractivity contribution is 5.79. The number of rotatable bonds is 9. The summed E-state index contributed by atoms with van der Waals surface area (Å²) in [6, 6.07) is 20.1. The number of benzene rings is 2. The molecule has 1 heterocycles. The maximum atomic E-state index is 13.1. The van der Waals surface area contributed by atoms with Gasteiger partial charge in [-0.1, -0.05) is 67.1 Å². The van der Waals surface area contributed by atoms with Gasteiger partial charge >= 0.3 is 11.7 Å². The van der Waals surface area contributed by atoms with Crippen LogP contribution in [0.4, 0.5) is 0 Å². The van der Waals surface area contributed by atoms with Crippen LogP contribution in [0.15, 0.2) is 65.5 Å². The van der Waals surface area contributed by atoms with Gasteiger partial charge in [-0.3, -0.25) is 13.9 Å². The molecule has 0 saturated heterocycles. The van der Waals surface area contributed by atoms with Gasteiger partial charge in [0.05, 0.1) is 18.0 Å². The second-order valence-electron chi connectivity index (χ2n) is 7.04. The van der Waals surface area contributed by atoms with Crippen LogP contribution in [0.3, 0.4) is 0 Å². The summed E-state index contributed by atoms with van der Waals surface area (Å²) in [6.07, 6.45) is 2.90. The Kier molecular flexibility index (Phi) is 7.06. The molecule has 0 aliphatic heterocycles. The average molecular weight is 392 g/mol. The van der Waals surface area contributed by atoms with E-state index in [2.05, 4.69) is 0 Å². The van der Waals surface area contributed by atoms with Crippen molar-refractivity contribution in [2.45, 2.75) is 39.2 Å². The maximum absolute atomic E-state index is 13.1. The van der Waals surface area contributed by atoms with Crippen molar-refractivity contribution < 1.29 is 9.53 Å². The third-order valence-electron chi connectivity index (χ3n) is 5.01. The lowest BCUT2D eigenvalue weighted by Gasteiger charge is -2.11. The molecule has 0 bridgehead atoms. The standard InChI is InChI=1S/C24H28N2O3/c1-3-29-21(27)17-11-6-12-18-26-23(20-15-9-5-10-16-20)22(25(2)24(26)28)19-13-7-4-8-14-19/h4-5,7-10,13-16H,3,6,11-12,17-18H2,1-2H3. The number of ether oxygens (including phenoxy) is 1. The number of hydrogen-bond donors (Lipinski definition) is 0. The van der Waals surface area contributed by atoms with Crippen molar-refractivity contribution in [2.24, 2.45) is 7.05 Å². The normalized spacial score (nSPS) is 10.8. The Balaban J connectivity index is 1.87. The van der Waals surface area contributed by atoms with Gasteiger partial charge in [-0.15, -0.1) is 0 Å². The van der Waals surface area contributed by atoms with Gasteiger partial charge in [0.2, 0.25) is 0 Å². The molecule has 0 N–H and O–H groups in total. The van der Waals surface area contributed by atoms with Crippen LogP contribution in [-0.2, 0) is 23.1 Å². The van der Waals surface area contributed by atoms with E-state index in [1.165, 1.54) is 0 Å². The van der Waals surface area contributed by atoms with Gasteiger partial charge in [-0.05, 0) is 19.8 Å². The molecule has 0 fully saturated rings. The molecule has 3 aromatic rings. The van der Waals surface area contributed by atoms with Crippen LogP contribution in [0.25, 0.3) is 22.5 Å². The molecule has 0 unspecified atom stereocenters. The Morgan fingerprint density at radius 3 is 2.03 bits per heavy atom. The largest absolute Gasteiger partial charge is 0.466 e. The molecular formula is C24H28N2O3. The predicted molar refractivity (Wildman–Crippen MR) is 116 cm³/mol. The Bertz CT molecular complexity index is 988. The van der Waals surface area contributed by atoms with Crippen LogP contribution in [0.1, 0.15) is 32.6 Å². The van der Waals surface area contributed by atoms with Crippen LogP contribution in [0.2, 0.25) is 0 Å². The number of imidazole rings is 1. The zero-order valence-corrected chi connectivity index (χ0v) is 17.1. The molecule has 2 aromatic carbocycles. The van der Waals surface area contributed by atoms with Gasteiger partial charge in [-0.25, -0.2) is 4.79 Å². The third-order valence-corrected chi connectivity index (χ3v) is 5.01. The quantitative estimate of drug-likeness (QED) is 0.394. The fourth-order valence-electron chi connectivity index (χ4n) is 3.63. The number of nitrogens with zero attached hydrogens (tertiary/aromatic N) is 2. The first-order valence-electron chi connectivity index (χ1n) is 10.2. The van der Waals surface area contributed by atoms with Gasteiger partial charge < -0.3 is 4.74 Å². The molecule has 29 heavy (non-hydrogen) atoms. The van der Waals surface area contributed by atoms with E-state index in [1.54, 1.807) is 4.57 Å².